The van der Waals surface area contributed by atoms with Gasteiger partial charge in [-0.15, -0.1) is 0 Å². The van der Waals surface area contributed by atoms with Gasteiger partial charge in [-0.25, -0.2) is 0 Å². The molecule has 2 fully saturated rings. The normalized spacial score (nSPS) is 27.7. The van der Waals surface area contributed by atoms with E-state index in [0.717, 1.165) is 18.5 Å². The molecule has 0 radical (unpaired) electrons. The number of nitrogens with two attached hydrogens (primary N) is 1. The fraction of sp³-hybridized carbons (Fsp3) is 0.714. The lowest BCUT2D eigenvalue weighted by Gasteiger charge is -2.60. The predicted octanol–water partition coefficient (Wildman–Crippen LogP) is 0.832. The van der Waals surface area contributed by atoms with Crippen LogP contribution in [0.4, 0.5) is 0 Å². The van der Waals surface area contributed by atoms with E-state index >= 15 is 0 Å². The summed E-state index contributed by atoms with van der Waals surface area (Å²) in [6.07, 6.45) is 8.66. The fourth-order valence-electron chi connectivity index (χ4n) is 3.43. The molecule has 3 N–H and O–H groups in total. The molecule has 1 spiro atoms. The van der Waals surface area contributed by atoms with Gasteiger partial charge in [-0.05, 0) is 31.7 Å². The summed E-state index contributed by atoms with van der Waals surface area (Å²) < 4.78 is 1.84. The third-order valence-corrected chi connectivity index (χ3v) is 4.92. The molecule has 3 rings (SSSR count). The van der Waals surface area contributed by atoms with Crippen LogP contribution in [0.2, 0.25) is 0 Å². The quantitative estimate of drug-likeness (QED) is 0.844. The summed E-state index contributed by atoms with van der Waals surface area (Å²) in [5.74, 6) is 0.0961. The maximum Gasteiger partial charge on any atom is 0.224 e. The van der Waals surface area contributed by atoms with Gasteiger partial charge < -0.3 is 11.1 Å². The van der Waals surface area contributed by atoms with E-state index < -0.39 is 0 Å². The number of amides is 1. The highest BCUT2D eigenvalue weighted by molar-refractivity contribution is 5.79. The average molecular weight is 262 g/mol. The standard InChI is InChI=1S/C14H22N4O/c1-2-18-9-10(8-16-18)6-13(19)17-12-7-11(15)14(12)4-3-5-14/h8-9,11-12H,2-7,15H2,1H3,(H,17,19). The SMILES string of the molecule is CCn1cc(CC(=O)NC2CC(N)C23CCC3)cn1. The summed E-state index contributed by atoms with van der Waals surface area (Å²) in [6, 6.07) is 0.583. The topological polar surface area (TPSA) is 72.9 Å². The lowest BCUT2D eigenvalue weighted by atomic mass is 9.50. The van der Waals surface area contributed by atoms with Crippen molar-refractivity contribution in [3.8, 4) is 0 Å². The fourth-order valence-corrected chi connectivity index (χ4v) is 3.43. The van der Waals surface area contributed by atoms with Crippen LogP contribution in [-0.4, -0.2) is 27.8 Å². The van der Waals surface area contributed by atoms with Crippen LogP contribution in [0.15, 0.2) is 12.4 Å². The van der Waals surface area contributed by atoms with Crippen LogP contribution in [0, 0.1) is 5.41 Å². The van der Waals surface area contributed by atoms with Crippen LogP contribution >= 0.6 is 0 Å². The first-order chi connectivity index (χ1) is 9.14. The van der Waals surface area contributed by atoms with E-state index in [2.05, 4.69) is 10.4 Å². The van der Waals surface area contributed by atoms with Crippen molar-refractivity contribution in [2.24, 2.45) is 11.1 Å². The van der Waals surface area contributed by atoms with Crippen molar-refractivity contribution in [2.45, 2.75) is 57.7 Å². The number of nitrogens with zero attached hydrogens (tertiary/aromatic N) is 2. The van der Waals surface area contributed by atoms with E-state index in [1.54, 1.807) is 6.20 Å². The molecule has 2 atom stereocenters. The first-order valence-electron chi connectivity index (χ1n) is 7.20. The zero-order valence-electron chi connectivity index (χ0n) is 11.4. The third kappa shape index (κ3) is 2.06. The van der Waals surface area contributed by atoms with E-state index in [-0.39, 0.29) is 17.4 Å². The van der Waals surface area contributed by atoms with Gasteiger partial charge in [0.15, 0.2) is 0 Å². The summed E-state index contributed by atoms with van der Waals surface area (Å²) in [5, 5.41) is 7.35. The van der Waals surface area contributed by atoms with Gasteiger partial charge in [0.2, 0.25) is 5.91 Å². The number of hydrogen-bond donors (Lipinski definition) is 2. The number of aromatic nitrogens is 2. The number of hydrogen-bond acceptors (Lipinski definition) is 3. The van der Waals surface area contributed by atoms with Gasteiger partial charge in [0.05, 0.1) is 12.6 Å². The Kier molecular flexibility index (Phi) is 3.09. The van der Waals surface area contributed by atoms with Crippen LogP contribution < -0.4 is 11.1 Å². The Morgan fingerprint density at radius 2 is 2.42 bits per heavy atom. The van der Waals surface area contributed by atoms with Gasteiger partial charge in [-0.2, -0.15) is 5.10 Å². The van der Waals surface area contributed by atoms with Gasteiger partial charge in [0, 0.05) is 30.2 Å². The van der Waals surface area contributed by atoms with Crippen LogP contribution in [-0.2, 0) is 17.8 Å². The molecule has 1 aromatic heterocycles. The van der Waals surface area contributed by atoms with Crippen LogP contribution in [0.3, 0.4) is 0 Å². The number of rotatable bonds is 4. The summed E-state index contributed by atoms with van der Waals surface area (Å²) in [7, 11) is 0. The molecule has 0 aliphatic heterocycles. The van der Waals surface area contributed by atoms with Gasteiger partial charge in [-0.3, -0.25) is 9.48 Å². The zero-order valence-corrected chi connectivity index (χ0v) is 11.4. The average Bonchev–Trinajstić information content (AvgIpc) is 2.73. The first-order valence-corrected chi connectivity index (χ1v) is 7.20. The Morgan fingerprint density at radius 1 is 1.63 bits per heavy atom. The zero-order chi connectivity index (χ0) is 13.5. The molecular weight excluding hydrogens is 240 g/mol. The molecule has 5 heteroatoms. The van der Waals surface area contributed by atoms with E-state index in [0.29, 0.717) is 12.5 Å². The van der Waals surface area contributed by atoms with Gasteiger partial charge in [0.1, 0.15) is 0 Å². The van der Waals surface area contributed by atoms with E-state index in [9.17, 15) is 4.79 Å². The second-order valence-corrected chi connectivity index (χ2v) is 5.93. The maximum absolute atomic E-state index is 12.1. The molecule has 2 aliphatic carbocycles. The van der Waals surface area contributed by atoms with Gasteiger partial charge in [0.25, 0.3) is 0 Å². The minimum absolute atomic E-state index is 0.0961. The molecule has 1 heterocycles. The van der Waals surface area contributed by atoms with E-state index in [1.165, 1.54) is 19.3 Å². The monoisotopic (exact) mass is 262 g/mol. The second-order valence-electron chi connectivity index (χ2n) is 5.93. The Labute approximate surface area is 113 Å². The van der Waals surface area contributed by atoms with Crippen molar-refractivity contribution in [3.05, 3.63) is 18.0 Å². The molecule has 0 bridgehead atoms. The molecule has 2 aliphatic rings. The molecule has 2 unspecified atom stereocenters. The highest BCUT2D eigenvalue weighted by atomic mass is 16.1. The van der Waals surface area contributed by atoms with E-state index in [4.69, 9.17) is 5.73 Å². The van der Waals surface area contributed by atoms with Gasteiger partial charge in [-0.1, -0.05) is 6.42 Å². The number of carbonyl (C=O) groups is 1. The Balaban J connectivity index is 1.54. The number of aryl methyl sites for hydroxylation is 1. The molecule has 19 heavy (non-hydrogen) atoms. The Bertz CT molecular complexity index is 478. The van der Waals surface area contributed by atoms with Crippen LogP contribution in [0.5, 0.6) is 0 Å². The largest absolute Gasteiger partial charge is 0.352 e. The summed E-state index contributed by atoms with van der Waals surface area (Å²) >= 11 is 0. The second kappa shape index (κ2) is 4.63. The molecule has 2 saturated carbocycles. The van der Waals surface area contributed by atoms with Crippen molar-refractivity contribution in [1.29, 1.82) is 0 Å². The third-order valence-electron chi connectivity index (χ3n) is 4.92. The molecule has 0 saturated heterocycles. The minimum Gasteiger partial charge on any atom is -0.352 e. The molecular formula is C14H22N4O. The first kappa shape index (κ1) is 12.7. The maximum atomic E-state index is 12.1. The van der Waals surface area contributed by atoms with Gasteiger partial charge >= 0.3 is 0 Å². The number of nitrogens with one attached hydrogen (secondary N) is 1. The molecule has 1 amide bonds. The molecule has 104 valence electrons. The summed E-state index contributed by atoms with van der Waals surface area (Å²) in [5.41, 5.74) is 7.30. The van der Waals surface area contributed by atoms with Crippen molar-refractivity contribution in [1.82, 2.24) is 15.1 Å². The number of carbonyl (C=O) groups excluding carboxylic acids is 1. The van der Waals surface area contributed by atoms with Crippen molar-refractivity contribution in [3.63, 3.8) is 0 Å². The van der Waals surface area contributed by atoms with E-state index in [1.807, 2.05) is 17.8 Å². The highest BCUT2D eigenvalue weighted by Gasteiger charge is 2.56. The Morgan fingerprint density at radius 3 is 2.95 bits per heavy atom. The summed E-state index contributed by atoms with van der Waals surface area (Å²) in [4.78, 5) is 12.1. The highest BCUT2D eigenvalue weighted by Crippen LogP contribution is 2.54. The van der Waals surface area contributed by atoms with Crippen molar-refractivity contribution < 1.29 is 4.79 Å². The molecule has 5 nitrogen and oxygen atoms in total. The van der Waals surface area contributed by atoms with Crippen LogP contribution in [0.25, 0.3) is 0 Å². The Hall–Kier alpha value is -1.36. The van der Waals surface area contributed by atoms with Crippen molar-refractivity contribution in [2.75, 3.05) is 0 Å². The lowest BCUT2D eigenvalue weighted by molar-refractivity contribution is -0.127. The smallest absolute Gasteiger partial charge is 0.224 e. The minimum atomic E-state index is 0.0961. The van der Waals surface area contributed by atoms with Crippen LogP contribution in [0.1, 0.15) is 38.2 Å². The lowest BCUT2D eigenvalue weighted by Crippen LogP contribution is -2.69. The summed E-state index contributed by atoms with van der Waals surface area (Å²) in [6.45, 7) is 2.87. The molecule has 1 aromatic rings. The molecule has 0 aromatic carbocycles. The predicted molar refractivity (Wildman–Crippen MR) is 72.4 cm³/mol. The van der Waals surface area contributed by atoms with Crippen molar-refractivity contribution >= 4 is 5.91 Å².